The molecule has 0 aliphatic carbocycles. The number of unbranched alkanes of at least 4 members (excludes halogenated alkanes) is 12. The van der Waals surface area contributed by atoms with Crippen LogP contribution in [0.5, 0.6) is 11.5 Å². The van der Waals surface area contributed by atoms with Crippen molar-refractivity contribution in [2.24, 2.45) is 0 Å². The Balaban J connectivity index is 1.70. The molecular weight excluding hydrogens is 604 g/mol. The summed E-state index contributed by atoms with van der Waals surface area (Å²) in [6, 6.07) is 9.52. The van der Waals surface area contributed by atoms with Crippen molar-refractivity contribution < 1.29 is 37.2 Å². The van der Waals surface area contributed by atoms with E-state index in [4.69, 9.17) is 9.47 Å². The molecule has 11 heteroatoms. The summed E-state index contributed by atoms with van der Waals surface area (Å²) in [7, 11) is -2.23. The van der Waals surface area contributed by atoms with Gasteiger partial charge >= 0.3 is 6.18 Å². The number of hydrogen-bond acceptors (Lipinski definition) is 6. The van der Waals surface area contributed by atoms with E-state index < -0.39 is 27.2 Å². The van der Waals surface area contributed by atoms with Crippen LogP contribution in [-0.2, 0) is 17.8 Å². The number of carbonyl (C=O) groups is 1. The van der Waals surface area contributed by atoms with Gasteiger partial charge in [0.05, 0.1) is 11.7 Å². The van der Waals surface area contributed by atoms with Gasteiger partial charge in [-0.3, -0.25) is 9.78 Å². The van der Waals surface area contributed by atoms with Gasteiger partial charge in [-0.25, -0.2) is 0 Å². The zero-order valence-corrected chi connectivity index (χ0v) is 27.3. The van der Waals surface area contributed by atoms with Gasteiger partial charge in [-0.2, -0.15) is 13.2 Å². The van der Waals surface area contributed by atoms with Crippen molar-refractivity contribution in [3.63, 3.8) is 0 Å². The van der Waals surface area contributed by atoms with E-state index in [9.17, 15) is 27.8 Å². The van der Waals surface area contributed by atoms with E-state index in [0.717, 1.165) is 24.8 Å². The minimum absolute atomic E-state index is 0.0414. The Morgan fingerprint density at radius 2 is 1.49 bits per heavy atom. The lowest BCUT2D eigenvalue weighted by atomic mass is 10.0. The van der Waals surface area contributed by atoms with Crippen LogP contribution >= 0.6 is 8.38 Å². The minimum Gasteiger partial charge on any atom is -0.487 e. The zero-order chi connectivity index (χ0) is 32.8. The molecule has 1 atom stereocenters. The molecular formula is C34H50F3N2O5P. The molecule has 7 nitrogen and oxygen atoms in total. The van der Waals surface area contributed by atoms with Crippen LogP contribution in [0.2, 0.25) is 0 Å². The number of amides is 1. The molecule has 0 spiro atoms. The first-order valence-corrected chi connectivity index (χ1v) is 17.5. The van der Waals surface area contributed by atoms with E-state index in [1.165, 1.54) is 88.4 Å². The maximum atomic E-state index is 12.6. The number of hydrogen-bond donors (Lipinski definition) is 3. The quantitative estimate of drug-likeness (QED) is 0.0772. The number of alkyl halides is 3. The van der Waals surface area contributed by atoms with E-state index >= 15 is 0 Å². The maximum Gasteiger partial charge on any atom is 0.422 e. The molecule has 1 unspecified atom stereocenters. The van der Waals surface area contributed by atoms with E-state index in [-0.39, 0.29) is 18.3 Å². The SMILES string of the molecule is CCCCCCCCCCCCCCCC(=O)NC(/C=C/P(O)O)Cc1ccc(OCc2cc(OCC(F)(F)F)ccn2)cc1. The molecule has 2 rings (SSSR count). The average molecular weight is 655 g/mol. The van der Waals surface area contributed by atoms with Gasteiger partial charge in [0.25, 0.3) is 0 Å². The van der Waals surface area contributed by atoms with Gasteiger partial charge in [-0.1, -0.05) is 102 Å². The first-order valence-electron chi connectivity index (χ1n) is 16.2. The van der Waals surface area contributed by atoms with Crippen LogP contribution in [0.15, 0.2) is 54.5 Å². The summed E-state index contributed by atoms with van der Waals surface area (Å²) in [6.45, 7) is 0.902. The Labute approximate surface area is 267 Å². The van der Waals surface area contributed by atoms with Gasteiger partial charge in [-0.15, -0.1) is 0 Å². The predicted octanol–water partition coefficient (Wildman–Crippen LogP) is 8.92. The predicted molar refractivity (Wildman–Crippen MR) is 173 cm³/mol. The van der Waals surface area contributed by atoms with Crippen LogP contribution < -0.4 is 14.8 Å². The smallest absolute Gasteiger partial charge is 0.422 e. The van der Waals surface area contributed by atoms with Crippen molar-refractivity contribution in [2.75, 3.05) is 6.61 Å². The lowest BCUT2D eigenvalue weighted by Crippen LogP contribution is -2.34. The number of nitrogens with one attached hydrogen (secondary N) is 1. The van der Waals surface area contributed by atoms with Crippen molar-refractivity contribution >= 4 is 14.3 Å². The van der Waals surface area contributed by atoms with E-state index in [1.807, 2.05) is 12.1 Å². The van der Waals surface area contributed by atoms with Crippen LogP contribution in [0.4, 0.5) is 13.2 Å². The van der Waals surface area contributed by atoms with Gasteiger partial charge in [0.1, 0.15) is 18.1 Å². The molecule has 0 saturated carbocycles. The lowest BCUT2D eigenvalue weighted by Gasteiger charge is -2.16. The van der Waals surface area contributed by atoms with E-state index in [0.29, 0.717) is 24.3 Å². The Morgan fingerprint density at radius 3 is 2.07 bits per heavy atom. The molecule has 45 heavy (non-hydrogen) atoms. The summed E-state index contributed by atoms with van der Waals surface area (Å²) in [5, 5.41) is 2.99. The monoisotopic (exact) mass is 654 g/mol. The van der Waals surface area contributed by atoms with Crippen LogP contribution in [0.1, 0.15) is 108 Å². The minimum atomic E-state index is -4.43. The summed E-state index contributed by atoms with van der Waals surface area (Å²) in [5.74, 6) is 1.82. The number of carbonyl (C=O) groups excluding carboxylic acids is 1. The summed E-state index contributed by atoms with van der Waals surface area (Å²) >= 11 is 0. The largest absolute Gasteiger partial charge is 0.487 e. The molecule has 1 aromatic heterocycles. The molecule has 0 fully saturated rings. The van der Waals surface area contributed by atoms with Crippen molar-refractivity contribution in [1.29, 1.82) is 0 Å². The molecule has 3 N–H and O–H groups in total. The summed E-state index contributed by atoms with van der Waals surface area (Å²) < 4.78 is 47.7. The molecule has 1 amide bonds. The maximum absolute atomic E-state index is 12.6. The van der Waals surface area contributed by atoms with E-state index in [2.05, 4.69) is 17.2 Å². The van der Waals surface area contributed by atoms with Gasteiger partial charge in [0, 0.05) is 18.7 Å². The zero-order valence-electron chi connectivity index (χ0n) is 26.4. The van der Waals surface area contributed by atoms with Crippen LogP contribution in [0, 0.1) is 0 Å². The number of rotatable bonds is 24. The van der Waals surface area contributed by atoms with Gasteiger partial charge < -0.3 is 24.6 Å². The fraction of sp³-hybridized carbons (Fsp3) is 0.588. The average Bonchev–Trinajstić information content (AvgIpc) is 3.00. The molecule has 0 saturated heterocycles. The van der Waals surface area contributed by atoms with Crippen LogP contribution in [0.25, 0.3) is 0 Å². The second-order valence-corrected chi connectivity index (χ2v) is 12.3. The Morgan fingerprint density at radius 1 is 0.889 bits per heavy atom. The third-order valence-electron chi connectivity index (χ3n) is 7.26. The number of halogens is 3. The number of ether oxygens (including phenoxy) is 2. The molecule has 0 radical (unpaired) electrons. The van der Waals surface area contributed by atoms with Crippen molar-refractivity contribution in [3.8, 4) is 11.5 Å². The topological polar surface area (TPSA) is 101 Å². The molecule has 1 heterocycles. The Bertz CT molecular complexity index is 1100. The van der Waals surface area contributed by atoms with Crippen LogP contribution in [-0.4, -0.2) is 39.5 Å². The third-order valence-corrected chi connectivity index (χ3v) is 7.70. The lowest BCUT2D eigenvalue weighted by molar-refractivity contribution is -0.153. The highest BCUT2D eigenvalue weighted by atomic mass is 31.2. The first-order chi connectivity index (χ1) is 21.6. The third kappa shape index (κ3) is 20.1. The Kier molecular flexibility index (Phi) is 19.5. The molecule has 252 valence electrons. The van der Waals surface area contributed by atoms with E-state index in [1.54, 1.807) is 18.2 Å². The second-order valence-electron chi connectivity index (χ2n) is 11.4. The van der Waals surface area contributed by atoms with Crippen LogP contribution in [0.3, 0.4) is 0 Å². The molecule has 0 aliphatic rings. The fourth-order valence-corrected chi connectivity index (χ4v) is 5.21. The van der Waals surface area contributed by atoms with Gasteiger partial charge in [0.2, 0.25) is 5.91 Å². The van der Waals surface area contributed by atoms with Gasteiger partial charge in [0.15, 0.2) is 15.0 Å². The Hall–Kier alpha value is -2.68. The molecule has 2 aromatic rings. The summed E-state index contributed by atoms with van der Waals surface area (Å²) in [6.07, 6.45) is 15.5. The van der Waals surface area contributed by atoms with Gasteiger partial charge in [-0.05, 0) is 42.4 Å². The number of pyridine rings is 1. The number of benzene rings is 1. The number of aromatic nitrogens is 1. The van der Waals surface area contributed by atoms with Crippen molar-refractivity contribution in [3.05, 3.63) is 65.7 Å². The molecule has 0 bridgehead atoms. The molecule has 0 aliphatic heterocycles. The normalized spacial score (nSPS) is 12.5. The summed E-state index contributed by atoms with van der Waals surface area (Å²) in [4.78, 5) is 35.4. The standard InChI is InChI=1S/C34H50F3N2O5P/c1-2-3-4-5-6-7-8-9-10-11-12-13-14-15-33(40)39-29(21-23-45(41)42)24-28-16-18-31(19-17-28)43-26-30-25-32(20-22-38-30)44-27-34(35,36)37/h16-23,25,29,41-42H,2-15,24,26-27H2,1H3,(H,39,40)/b23-21+. The second kappa shape index (κ2) is 22.8. The molecule has 1 aromatic carbocycles. The van der Waals surface area contributed by atoms with Crippen molar-refractivity contribution in [2.45, 2.75) is 122 Å². The summed E-state index contributed by atoms with van der Waals surface area (Å²) in [5.41, 5.74) is 1.32. The highest BCUT2D eigenvalue weighted by Crippen LogP contribution is 2.25. The highest BCUT2D eigenvalue weighted by Gasteiger charge is 2.28. The highest BCUT2D eigenvalue weighted by molar-refractivity contribution is 7.48. The van der Waals surface area contributed by atoms with Crippen molar-refractivity contribution in [1.82, 2.24) is 10.3 Å². The number of nitrogens with zero attached hydrogens (tertiary/aromatic N) is 1. The first kappa shape index (κ1) is 38.5. The fourth-order valence-electron chi connectivity index (χ4n) is 4.85.